The molecular weight excluding hydrogens is 224 g/mol. The molecule has 0 radical (unpaired) electrons. The van der Waals surface area contributed by atoms with Crippen molar-refractivity contribution in [2.75, 3.05) is 20.1 Å². The number of piperazine rings is 1. The lowest BCUT2D eigenvalue weighted by atomic mass is 10.0. The summed E-state index contributed by atoms with van der Waals surface area (Å²) in [5.74, 6) is 0.158. The highest BCUT2D eigenvalue weighted by atomic mass is 35.5. The van der Waals surface area contributed by atoms with E-state index in [0.717, 1.165) is 18.0 Å². The summed E-state index contributed by atoms with van der Waals surface area (Å²) in [7, 11) is 1.86. The van der Waals surface area contributed by atoms with Crippen molar-refractivity contribution in [3.63, 3.8) is 0 Å². The standard InChI is InChI=1S/C12H15ClN2O/c1-15-11(7-14-8-12(15)16)6-9-2-4-10(13)5-3-9/h2-5,11,14H,6-8H2,1H3. The summed E-state index contributed by atoms with van der Waals surface area (Å²) in [6.07, 6.45) is 0.867. The molecule has 1 saturated heterocycles. The van der Waals surface area contributed by atoms with Crippen LogP contribution in [0.4, 0.5) is 0 Å². The molecule has 1 aromatic rings. The van der Waals surface area contributed by atoms with Gasteiger partial charge in [-0.15, -0.1) is 0 Å². The molecule has 1 atom stereocenters. The first kappa shape index (κ1) is 11.4. The highest BCUT2D eigenvalue weighted by Crippen LogP contribution is 2.13. The Kier molecular flexibility index (Phi) is 3.46. The third-order valence-electron chi connectivity index (χ3n) is 2.98. The van der Waals surface area contributed by atoms with E-state index in [9.17, 15) is 4.79 Å². The minimum absolute atomic E-state index is 0.158. The second-order valence-corrected chi connectivity index (χ2v) is 4.56. The number of hydrogen-bond acceptors (Lipinski definition) is 2. The lowest BCUT2D eigenvalue weighted by Crippen LogP contribution is -2.53. The third kappa shape index (κ3) is 2.54. The van der Waals surface area contributed by atoms with Gasteiger partial charge >= 0.3 is 0 Å². The van der Waals surface area contributed by atoms with Gasteiger partial charge in [-0.2, -0.15) is 0 Å². The van der Waals surface area contributed by atoms with Crippen LogP contribution < -0.4 is 5.32 Å². The first-order valence-electron chi connectivity index (χ1n) is 5.37. The van der Waals surface area contributed by atoms with Crippen molar-refractivity contribution >= 4 is 17.5 Å². The van der Waals surface area contributed by atoms with Crippen LogP contribution in [0.1, 0.15) is 5.56 Å². The van der Waals surface area contributed by atoms with E-state index >= 15 is 0 Å². The normalized spacial score (nSPS) is 21.2. The molecule has 0 spiro atoms. The molecule has 1 amide bonds. The van der Waals surface area contributed by atoms with Crippen molar-refractivity contribution in [1.29, 1.82) is 0 Å². The second kappa shape index (κ2) is 4.85. The van der Waals surface area contributed by atoms with E-state index in [-0.39, 0.29) is 11.9 Å². The molecule has 0 bridgehead atoms. The minimum atomic E-state index is 0.158. The van der Waals surface area contributed by atoms with E-state index in [1.807, 2.05) is 36.2 Å². The van der Waals surface area contributed by atoms with Gasteiger partial charge in [0.15, 0.2) is 0 Å². The van der Waals surface area contributed by atoms with Gasteiger partial charge < -0.3 is 10.2 Å². The molecule has 16 heavy (non-hydrogen) atoms. The predicted octanol–water partition coefficient (Wildman–Crippen LogP) is 1.31. The molecule has 1 unspecified atom stereocenters. The molecule has 3 nitrogen and oxygen atoms in total. The number of halogens is 1. The molecule has 4 heteroatoms. The van der Waals surface area contributed by atoms with Crippen molar-refractivity contribution < 1.29 is 4.79 Å². The SMILES string of the molecule is CN1C(=O)CNCC1Cc1ccc(Cl)cc1. The van der Waals surface area contributed by atoms with E-state index in [0.29, 0.717) is 6.54 Å². The summed E-state index contributed by atoms with van der Waals surface area (Å²) < 4.78 is 0. The zero-order chi connectivity index (χ0) is 11.5. The molecule has 0 aliphatic carbocycles. The Morgan fingerprint density at radius 3 is 2.81 bits per heavy atom. The fraction of sp³-hybridized carbons (Fsp3) is 0.417. The van der Waals surface area contributed by atoms with Crippen LogP contribution in [-0.2, 0) is 11.2 Å². The quantitative estimate of drug-likeness (QED) is 0.843. The van der Waals surface area contributed by atoms with Gasteiger partial charge in [-0.25, -0.2) is 0 Å². The Balaban J connectivity index is 2.03. The largest absolute Gasteiger partial charge is 0.340 e. The topological polar surface area (TPSA) is 32.3 Å². The molecule has 1 N–H and O–H groups in total. The Hall–Kier alpha value is -1.06. The number of hydrogen-bond donors (Lipinski definition) is 1. The monoisotopic (exact) mass is 238 g/mol. The van der Waals surface area contributed by atoms with Crippen LogP contribution in [0, 0.1) is 0 Å². The van der Waals surface area contributed by atoms with Gasteiger partial charge in [-0.1, -0.05) is 23.7 Å². The van der Waals surface area contributed by atoms with Crippen LogP contribution in [0.2, 0.25) is 5.02 Å². The summed E-state index contributed by atoms with van der Waals surface area (Å²) >= 11 is 5.83. The van der Waals surface area contributed by atoms with Gasteiger partial charge in [0.1, 0.15) is 0 Å². The molecule has 1 aromatic carbocycles. The average molecular weight is 239 g/mol. The van der Waals surface area contributed by atoms with Crippen LogP contribution in [0.3, 0.4) is 0 Å². The maximum Gasteiger partial charge on any atom is 0.236 e. The van der Waals surface area contributed by atoms with Gasteiger partial charge in [0, 0.05) is 24.7 Å². The van der Waals surface area contributed by atoms with Crippen LogP contribution in [0.15, 0.2) is 24.3 Å². The van der Waals surface area contributed by atoms with Crippen molar-refractivity contribution in [3.05, 3.63) is 34.9 Å². The second-order valence-electron chi connectivity index (χ2n) is 4.12. The number of likely N-dealkylation sites (N-methyl/N-ethyl adjacent to an activating group) is 1. The predicted molar refractivity (Wildman–Crippen MR) is 64.6 cm³/mol. The molecule has 1 heterocycles. The highest BCUT2D eigenvalue weighted by molar-refractivity contribution is 6.30. The number of carbonyl (C=O) groups is 1. The number of benzene rings is 1. The van der Waals surface area contributed by atoms with Gasteiger partial charge in [-0.3, -0.25) is 4.79 Å². The number of nitrogens with zero attached hydrogens (tertiary/aromatic N) is 1. The minimum Gasteiger partial charge on any atom is -0.340 e. The van der Waals surface area contributed by atoms with E-state index in [2.05, 4.69) is 5.32 Å². The van der Waals surface area contributed by atoms with Gasteiger partial charge in [0.25, 0.3) is 0 Å². The van der Waals surface area contributed by atoms with Gasteiger partial charge in [0.2, 0.25) is 5.91 Å². The van der Waals surface area contributed by atoms with E-state index in [1.165, 1.54) is 5.56 Å². The number of nitrogens with one attached hydrogen (secondary N) is 1. The average Bonchev–Trinajstić information content (AvgIpc) is 2.28. The first-order chi connectivity index (χ1) is 7.66. The molecule has 1 fully saturated rings. The first-order valence-corrected chi connectivity index (χ1v) is 5.75. The Morgan fingerprint density at radius 1 is 1.44 bits per heavy atom. The lowest BCUT2D eigenvalue weighted by Gasteiger charge is -2.33. The van der Waals surface area contributed by atoms with Crippen LogP contribution in [-0.4, -0.2) is 37.0 Å². The summed E-state index contributed by atoms with van der Waals surface area (Å²) in [6, 6.07) is 8.02. The van der Waals surface area contributed by atoms with Crippen LogP contribution in [0.5, 0.6) is 0 Å². The van der Waals surface area contributed by atoms with E-state index in [4.69, 9.17) is 11.6 Å². The van der Waals surface area contributed by atoms with Crippen LogP contribution >= 0.6 is 11.6 Å². The molecular formula is C12H15ClN2O. The third-order valence-corrected chi connectivity index (χ3v) is 3.23. The zero-order valence-corrected chi connectivity index (χ0v) is 10.00. The lowest BCUT2D eigenvalue weighted by molar-refractivity contribution is -0.133. The van der Waals surface area contributed by atoms with Crippen molar-refractivity contribution in [2.45, 2.75) is 12.5 Å². The van der Waals surface area contributed by atoms with Crippen molar-refractivity contribution in [2.24, 2.45) is 0 Å². The van der Waals surface area contributed by atoms with E-state index < -0.39 is 0 Å². The van der Waals surface area contributed by atoms with Crippen molar-refractivity contribution in [3.8, 4) is 0 Å². The molecule has 0 aromatic heterocycles. The maximum absolute atomic E-state index is 11.5. The molecule has 86 valence electrons. The molecule has 1 aliphatic heterocycles. The number of amides is 1. The highest BCUT2D eigenvalue weighted by Gasteiger charge is 2.24. The molecule has 1 aliphatic rings. The van der Waals surface area contributed by atoms with Gasteiger partial charge in [-0.05, 0) is 24.1 Å². The van der Waals surface area contributed by atoms with Crippen LogP contribution in [0.25, 0.3) is 0 Å². The summed E-state index contributed by atoms with van der Waals surface area (Å²) in [5.41, 5.74) is 1.21. The summed E-state index contributed by atoms with van der Waals surface area (Å²) in [4.78, 5) is 13.3. The fourth-order valence-corrected chi connectivity index (χ4v) is 2.04. The van der Waals surface area contributed by atoms with Gasteiger partial charge in [0.05, 0.1) is 6.54 Å². The number of carbonyl (C=O) groups excluding carboxylic acids is 1. The van der Waals surface area contributed by atoms with Crippen molar-refractivity contribution in [1.82, 2.24) is 10.2 Å². The molecule has 0 saturated carbocycles. The number of rotatable bonds is 2. The Labute approximate surface area is 100 Å². The zero-order valence-electron chi connectivity index (χ0n) is 9.24. The Morgan fingerprint density at radius 2 is 2.12 bits per heavy atom. The summed E-state index contributed by atoms with van der Waals surface area (Å²) in [5, 5.41) is 3.87. The Bertz CT molecular complexity index is 377. The maximum atomic E-state index is 11.5. The fourth-order valence-electron chi connectivity index (χ4n) is 1.91. The molecule has 2 rings (SSSR count). The smallest absolute Gasteiger partial charge is 0.236 e. The summed E-state index contributed by atoms with van der Waals surface area (Å²) in [6.45, 7) is 1.30. The van der Waals surface area contributed by atoms with E-state index in [1.54, 1.807) is 0 Å².